The van der Waals surface area contributed by atoms with Gasteiger partial charge in [-0.25, -0.2) is 4.68 Å². The molecule has 7 nitrogen and oxygen atoms in total. The number of aryl methyl sites for hydroxylation is 1. The zero-order valence-electron chi connectivity index (χ0n) is 19.5. The van der Waals surface area contributed by atoms with Crippen molar-refractivity contribution < 1.29 is 19.0 Å². The number of carbonyl (C=O) groups excluding carboxylic acids is 1. The van der Waals surface area contributed by atoms with Gasteiger partial charge in [-0.2, -0.15) is 5.10 Å². The van der Waals surface area contributed by atoms with Gasteiger partial charge in [-0.05, 0) is 43.5 Å². The van der Waals surface area contributed by atoms with E-state index in [0.29, 0.717) is 37.1 Å². The van der Waals surface area contributed by atoms with Gasteiger partial charge in [0.2, 0.25) is 11.8 Å². The van der Waals surface area contributed by atoms with Crippen molar-refractivity contribution >= 4 is 5.91 Å². The van der Waals surface area contributed by atoms with Crippen LogP contribution in [-0.2, 0) is 22.5 Å². The third-order valence-corrected chi connectivity index (χ3v) is 5.76. The predicted molar refractivity (Wildman–Crippen MR) is 126 cm³/mol. The molecule has 0 bridgehead atoms. The maximum Gasteiger partial charge on any atom is 0.227 e. The standard InChI is InChI=1S/C26H31N3O4/c1-4-24-23(18-28(15-16-31-2)25(30)19-13-14-19)26(29(27-24)20-9-6-5-7-10-20)33-22-12-8-11-21(17-22)32-3/h5-12,17,19H,4,13-16,18H2,1-3H3. The van der Waals surface area contributed by atoms with Crippen molar-refractivity contribution in [3.05, 3.63) is 65.9 Å². The molecule has 0 aliphatic heterocycles. The summed E-state index contributed by atoms with van der Waals surface area (Å²) in [7, 11) is 3.28. The lowest BCUT2D eigenvalue weighted by atomic mass is 10.1. The molecule has 2 aromatic carbocycles. The van der Waals surface area contributed by atoms with Crippen LogP contribution < -0.4 is 9.47 Å². The number of amides is 1. The van der Waals surface area contributed by atoms with E-state index in [4.69, 9.17) is 19.3 Å². The highest BCUT2D eigenvalue weighted by atomic mass is 16.5. The molecule has 0 radical (unpaired) electrons. The van der Waals surface area contributed by atoms with Crippen molar-refractivity contribution in [3.63, 3.8) is 0 Å². The van der Waals surface area contributed by atoms with Crippen LogP contribution in [-0.4, -0.2) is 48.0 Å². The topological polar surface area (TPSA) is 65.8 Å². The third kappa shape index (κ3) is 5.37. The minimum Gasteiger partial charge on any atom is -0.497 e. The van der Waals surface area contributed by atoms with E-state index < -0.39 is 0 Å². The Morgan fingerprint density at radius 2 is 1.85 bits per heavy atom. The van der Waals surface area contributed by atoms with Crippen LogP contribution >= 0.6 is 0 Å². The van der Waals surface area contributed by atoms with Crippen molar-refractivity contribution in [2.45, 2.75) is 32.7 Å². The average Bonchev–Trinajstić information content (AvgIpc) is 3.65. The first-order chi connectivity index (χ1) is 16.1. The van der Waals surface area contributed by atoms with Crippen LogP contribution in [0.25, 0.3) is 5.69 Å². The molecule has 1 fully saturated rings. The van der Waals surface area contributed by atoms with Gasteiger partial charge in [-0.1, -0.05) is 31.2 Å². The normalized spacial score (nSPS) is 13.1. The van der Waals surface area contributed by atoms with Crippen molar-refractivity contribution in [2.24, 2.45) is 5.92 Å². The van der Waals surface area contributed by atoms with Crippen LogP contribution in [0.1, 0.15) is 31.0 Å². The van der Waals surface area contributed by atoms with E-state index in [1.165, 1.54) is 0 Å². The summed E-state index contributed by atoms with van der Waals surface area (Å²) < 4.78 is 18.9. The maximum atomic E-state index is 13.0. The Kier molecular flexibility index (Phi) is 7.29. The number of hydrogen-bond acceptors (Lipinski definition) is 5. The van der Waals surface area contributed by atoms with Crippen LogP contribution in [0.15, 0.2) is 54.6 Å². The molecule has 1 heterocycles. The molecule has 3 aromatic rings. The van der Waals surface area contributed by atoms with Gasteiger partial charge in [0.1, 0.15) is 11.5 Å². The van der Waals surface area contributed by atoms with E-state index in [1.54, 1.807) is 14.2 Å². The van der Waals surface area contributed by atoms with E-state index in [9.17, 15) is 4.79 Å². The van der Waals surface area contributed by atoms with Gasteiger partial charge in [0, 0.05) is 25.6 Å². The van der Waals surface area contributed by atoms with Gasteiger partial charge < -0.3 is 19.1 Å². The quantitative estimate of drug-likeness (QED) is 0.427. The molecule has 33 heavy (non-hydrogen) atoms. The molecule has 7 heteroatoms. The molecule has 0 unspecified atom stereocenters. The lowest BCUT2D eigenvalue weighted by Crippen LogP contribution is -2.34. The molecular formula is C26H31N3O4. The fourth-order valence-electron chi connectivity index (χ4n) is 3.79. The first-order valence-electron chi connectivity index (χ1n) is 11.4. The second kappa shape index (κ2) is 10.5. The summed E-state index contributed by atoms with van der Waals surface area (Å²) in [5.74, 6) is 2.26. The summed E-state index contributed by atoms with van der Waals surface area (Å²) >= 11 is 0. The van der Waals surface area contributed by atoms with Crippen molar-refractivity contribution in [1.29, 1.82) is 0 Å². The molecule has 4 rings (SSSR count). The molecule has 1 saturated carbocycles. The Hall–Kier alpha value is -3.32. The molecule has 174 valence electrons. The number of benzene rings is 2. The fourth-order valence-corrected chi connectivity index (χ4v) is 3.79. The SMILES string of the molecule is CCc1nn(-c2ccccc2)c(Oc2cccc(OC)c2)c1CN(CCOC)C(=O)C1CC1. The Morgan fingerprint density at radius 1 is 1.09 bits per heavy atom. The number of aromatic nitrogens is 2. The largest absolute Gasteiger partial charge is 0.497 e. The number of carbonyl (C=O) groups is 1. The molecule has 0 spiro atoms. The Balaban J connectivity index is 1.76. The summed E-state index contributed by atoms with van der Waals surface area (Å²) in [6, 6.07) is 17.4. The summed E-state index contributed by atoms with van der Waals surface area (Å²) in [4.78, 5) is 14.9. The zero-order chi connectivity index (χ0) is 23.2. The first-order valence-corrected chi connectivity index (χ1v) is 11.4. The van der Waals surface area contributed by atoms with Crippen LogP contribution in [0, 0.1) is 5.92 Å². The molecule has 1 aromatic heterocycles. The molecule has 0 saturated heterocycles. The summed E-state index contributed by atoms with van der Waals surface area (Å²) in [6.45, 7) is 3.51. The van der Waals surface area contributed by atoms with E-state index in [1.807, 2.05) is 64.2 Å². The number of hydrogen-bond donors (Lipinski definition) is 0. The van der Waals surface area contributed by atoms with Crippen LogP contribution in [0.5, 0.6) is 17.4 Å². The van der Waals surface area contributed by atoms with Crippen molar-refractivity contribution in [3.8, 4) is 23.1 Å². The summed E-state index contributed by atoms with van der Waals surface area (Å²) in [5, 5.41) is 4.88. The maximum absolute atomic E-state index is 13.0. The number of methoxy groups -OCH3 is 2. The molecule has 1 amide bonds. The Bertz CT molecular complexity index is 1080. The lowest BCUT2D eigenvalue weighted by Gasteiger charge is -2.23. The zero-order valence-corrected chi connectivity index (χ0v) is 19.5. The van der Waals surface area contributed by atoms with Gasteiger partial charge in [-0.15, -0.1) is 0 Å². The minimum absolute atomic E-state index is 0.124. The Labute approximate surface area is 194 Å². The van der Waals surface area contributed by atoms with E-state index in [2.05, 4.69) is 6.92 Å². The summed E-state index contributed by atoms with van der Waals surface area (Å²) in [6.07, 6.45) is 2.64. The molecule has 0 atom stereocenters. The van der Waals surface area contributed by atoms with Gasteiger partial charge in [0.15, 0.2) is 0 Å². The van der Waals surface area contributed by atoms with E-state index >= 15 is 0 Å². The highest BCUT2D eigenvalue weighted by Gasteiger charge is 2.34. The highest BCUT2D eigenvalue weighted by Crippen LogP contribution is 2.35. The van der Waals surface area contributed by atoms with Gasteiger partial charge in [0.05, 0.1) is 37.2 Å². The third-order valence-electron chi connectivity index (χ3n) is 5.76. The second-order valence-electron chi connectivity index (χ2n) is 8.14. The predicted octanol–water partition coefficient (Wildman–Crippen LogP) is 4.62. The van der Waals surface area contributed by atoms with Crippen LogP contribution in [0.2, 0.25) is 0 Å². The molecule has 0 N–H and O–H groups in total. The van der Waals surface area contributed by atoms with Crippen LogP contribution in [0.4, 0.5) is 0 Å². The number of rotatable bonds is 11. The fraction of sp³-hybridized carbons (Fsp3) is 0.385. The van der Waals surface area contributed by atoms with Crippen LogP contribution in [0.3, 0.4) is 0 Å². The Morgan fingerprint density at radius 3 is 2.52 bits per heavy atom. The van der Waals surface area contributed by atoms with Crippen molar-refractivity contribution in [1.82, 2.24) is 14.7 Å². The van der Waals surface area contributed by atoms with Gasteiger partial charge in [0.25, 0.3) is 0 Å². The summed E-state index contributed by atoms with van der Waals surface area (Å²) in [5.41, 5.74) is 2.71. The van der Waals surface area contributed by atoms with Gasteiger partial charge in [-0.3, -0.25) is 4.79 Å². The highest BCUT2D eigenvalue weighted by molar-refractivity contribution is 5.81. The van der Waals surface area contributed by atoms with Crippen molar-refractivity contribution in [2.75, 3.05) is 27.4 Å². The van der Waals surface area contributed by atoms with E-state index in [0.717, 1.165) is 36.2 Å². The smallest absolute Gasteiger partial charge is 0.227 e. The molecule has 1 aliphatic rings. The lowest BCUT2D eigenvalue weighted by molar-refractivity contribution is -0.133. The molecular weight excluding hydrogens is 418 g/mol. The van der Waals surface area contributed by atoms with Gasteiger partial charge >= 0.3 is 0 Å². The monoisotopic (exact) mass is 449 g/mol. The minimum atomic E-state index is 0.124. The number of para-hydroxylation sites is 1. The molecule has 1 aliphatic carbocycles. The number of nitrogens with zero attached hydrogens (tertiary/aromatic N) is 3. The first kappa shape index (κ1) is 22.9. The van der Waals surface area contributed by atoms with E-state index in [-0.39, 0.29) is 11.8 Å². The average molecular weight is 450 g/mol. The second-order valence-corrected chi connectivity index (χ2v) is 8.14. The number of ether oxygens (including phenoxy) is 3.